The number of carbonyl (C=O) groups excluding carboxylic acids is 1. The molecule has 0 aliphatic carbocycles. The van der Waals surface area contributed by atoms with Crippen LogP contribution in [0.15, 0.2) is 49.1 Å². The summed E-state index contributed by atoms with van der Waals surface area (Å²) in [4.78, 5) is 24.2. The van der Waals surface area contributed by atoms with E-state index >= 15 is 0 Å². The zero-order valence-electron chi connectivity index (χ0n) is 19.4. The van der Waals surface area contributed by atoms with Gasteiger partial charge in [0.2, 0.25) is 0 Å². The molecule has 9 heteroatoms. The van der Waals surface area contributed by atoms with Gasteiger partial charge in [0.1, 0.15) is 11.3 Å². The van der Waals surface area contributed by atoms with Crippen molar-refractivity contribution in [1.29, 1.82) is 0 Å². The van der Waals surface area contributed by atoms with E-state index in [1.165, 1.54) is 0 Å². The Morgan fingerprint density at radius 1 is 1.12 bits per heavy atom. The van der Waals surface area contributed by atoms with Crippen LogP contribution in [0, 0.1) is 6.92 Å². The molecule has 2 aromatic carbocycles. The number of nitrogens with zero attached hydrogens (tertiary/aromatic N) is 4. The van der Waals surface area contributed by atoms with Crippen molar-refractivity contribution in [2.24, 2.45) is 0 Å². The number of fused-ring (bicyclic) bond motifs is 1. The normalized spacial score (nSPS) is 11.3. The van der Waals surface area contributed by atoms with Crippen molar-refractivity contribution in [2.45, 2.75) is 13.5 Å². The van der Waals surface area contributed by atoms with E-state index in [0.717, 1.165) is 18.7 Å². The first-order valence-electron chi connectivity index (χ1n) is 10.7. The van der Waals surface area contributed by atoms with Crippen LogP contribution in [-0.2, 0) is 6.54 Å². The van der Waals surface area contributed by atoms with Crippen LogP contribution < -0.4 is 10.1 Å². The second-order valence-corrected chi connectivity index (χ2v) is 8.96. The quantitative estimate of drug-likeness (QED) is 0.363. The van der Waals surface area contributed by atoms with Gasteiger partial charge < -0.3 is 19.5 Å². The van der Waals surface area contributed by atoms with E-state index in [4.69, 9.17) is 27.9 Å². The van der Waals surface area contributed by atoms with Gasteiger partial charge in [-0.2, -0.15) is 0 Å². The van der Waals surface area contributed by atoms with E-state index in [1.54, 1.807) is 37.7 Å². The summed E-state index contributed by atoms with van der Waals surface area (Å²) in [6, 6.07) is 7.16. The first kappa shape index (κ1) is 24.0. The lowest BCUT2D eigenvalue weighted by Crippen LogP contribution is -2.17. The number of hydrogen-bond donors (Lipinski definition) is 1. The second-order valence-electron chi connectivity index (χ2n) is 8.21. The molecule has 0 saturated heterocycles. The minimum Gasteiger partial charge on any atom is -0.495 e. The Balaban J connectivity index is 1.73. The average molecular weight is 498 g/mol. The number of aryl methyl sites for hydroxylation is 1. The highest BCUT2D eigenvalue weighted by Crippen LogP contribution is 2.44. The third-order valence-electron chi connectivity index (χ3n) is 5.52. The molecule has 1 amide bonds. The molecule has 0 aliphatic heterocycles. The molecular weight excluding hydrogens is 473 g/mol. The largest absolute Gasteiger partial charge is 0.495 e. The lowest BCUT2D eigenvalue weighted by molar-refractivity contribution is 0.102. The fourth-order valence-corrected chi connectivity index (χ4v) is 4.36. The number of methoxy groups -OCH3 is 1. The van der Waals surface area contributed by atoms with Crippen LogP contribution in [0.2, 0.25) is 10.0 Å². The number of likely N-dealkylation sites (N-methyl/N-ethyl adjacent to an activating group) is 1. The average Bonchev–Trinajstić information content (AvgIpc) is 3.27. The summed E-state index contributed by atoms with van der Waals surface area (Å²) in [5.41, 5.74) is 4.17. The fourth-order valence-electron chi connectivity index (χ4n) is 3.73. The molecule has 0 fully saturated rings. The Kier molecular flexibility index (Phi) is 7.07. The minimum absolute atomic E-state index is 0.276. The number of ether oxygens (including phenoxy) is 1. The lowest BCUT2D eigenvalue weighted by atomic mass is 9.98. The van der Waals surface area contributed by atoms with Gasteiger partial charge in [-0.25, -0.2) is 0 Å². The van der Waals surface area contributed by atoms with Crippen molar-refractivity contribution in [3.63, 3.8) is 0 Å². The van der Waals surface area contributed by atoms with Gasteiger partial charge in [0.15, 0.2) is 0 Å². The monoisotopic (exact) mass is 497 g/mol. The number of hydrogen-bond acceptors (Lipinski definition) is 5. The summed E-state index contributed by atoms with van der Waals surface area (Å²) in [6.45, 7) is 3.61. The van der Waals surface area contributed by atoms with Crippen LogP contribution in [0.1, 0.15) is 15.9 Å². The highest BCUT2D eigenvalue weighted by molar-refractivity contribution is 6.41. The van der Waals surface area contributed by atoms with Gasteiger partial charge >= 0.3 is 0 Å². The number of aromatic nitrogens is 3. The molecule has 0 spiro atoms. The molecule has 0 atom stereocenters. The highest BCUT2D eigenvalue weighted by atomic mass is 35.5. The number of nitrogens with one attached hydrogen (secondary N) is 1. The molecule has 0 unspecified atom stereocenters. The molecule has 34 heavy (non-hydrogen) atoms. The van der Waals surface area contributed by atoms with E-state index in [9.17, 15) is 4.79 Å². The van der Waals surface area contributed by atoms with Gasteiger partial charge in [0, 0.05) is 49.0 Å². The molecule has 4 aromatic rings. The van der Waals surface area contributed by atoms with E-state index in [0.29, 0.717) is 49.2 Å². The highest BCUT2D eigenvalue weighted by Gasteiger charge is 2.22. The van der Waals surface area contributed by atoms with E-state index in [1.807, 2.05) is 44.0 Å². The van der Waals surface area contributed by atoms with Crippen LogP contribution in [0.4, 0.5) is 5.69 Å². The third-order valence-corrected chi connectivity index (χ3v) is 6.38. The van der Waals surface area contributed by atoms with Gasteiger partial charge in [0.05, 0.1) is 33.9 Å². The maximum atomic E-state index is 13.2. The Bertz CT molecular complexity index is 1370. The zero-order chi connectivity index (χ0) is 24.4. The predicted octanol–water partition coefficient (Wildman–Crippen LogP) is 5.54. The molecule has 176 valence electrons. The Hall–Kier alpha value is -3.13. The van der Waals surface area contributed by atoms with Gasteiger partial charge in [-0.15, -0.1) is 0 Å². The van der Waals surface area contributed by atoms with Crippen molar-refractivity contribution >= 4 is 45.8 Å². The molecule has 0 radical (unpaired) electrons. The van der Waals surface area contributed by atoms with Crippen molar-refractivity contribution in [3.05, 3.63) is 70.2 Å². The topological polar surface area (TPSA) is 72.3 Å². The number of benzene rings is 2. The summed E-state index contributed by atoms with van der Waals surface area (Å²) in [6.07, 6.45) is 6.98. The molecule has 0 aliphatic rings. The Morgan fingerprint density at radius 2 is 1.85 bits per heavy atom. The van der Waals surface area contributed by atoms with Crippen LogP contribution in [-0.4, -0.2) is 53.1 Å². The van der Waals surface area contributed by atoms with E-state index in [-0.39, 0.29) is 5.91 Å². The zero-order valence-corrected chi connectivity index (χ0v) is 20.9. The van der Waals surface area contributed by atoms with Crippen molar-refractivity contribution in [1.82, 2.24) is 19.4 Å². The molecule has 1 N–H and O–H groups in total. The summed E-state index contributed by atoms with van der Waals surface area (Å²) in [5.74, 6) is 0.234. The standard InChI is InChI=1S/C25H25Cl2N5O2/c1-15-13-19(34-4)22(27)20(21(15)26)17-5-6-18(24-23(17)28-8-9-29-24)25(33)30-16-7-10-32(14-16)12-11-31(2)3/h5-10,13-14H,11-12H2,1-4H3,(H,30,33). The third kappa shape index (κ3) is 4.73. The van der Waals surface area contributed by atoms with E-state index in [2.05, 4.69) is 20.2 Å². The van der Waals surface area contributed by atoms with Gasteiger partial charge in [-0.1, -0.05) is 29.3 Å². The number of amides is 1. The van der Waals surface area contributed by atoms with Gasteiger partial charge in [-0.05, 0) is 44.8 Å². The fraction of sp³-hybridized carbons (Fsp3) is 0.240. The molecule has 2 heterocycles. The minimum atomic E-state index is -0.276. The van der Waals surface area contributed by atoms with Crippen molar-refractivity contribution in [3.8, 4) is 16.9 Å². The van der Waals surface area contributed by atoms with Crippen molar-refractivity contribution < 1.29 is 9.53 Å². The van der Waals surface area contributed by atoms with Gasteiger partial charge in [0.25, 0.3) is 5.91 Å². The number of halogens is 2. The summed E-state index contributed by atoms with van der Waals surface area (Å²) >= 11 is 13.3. The lowest BCUT2D eigenvalue weighted by Gasteiger charge is -2.16. The van der Waals surface area contributed by atoms with Crippen LogP contribution in [0.3, 0.4) is 0 Å². The summed E-state index contributed by atoms with van der Waals surface area (Å²) in [5, 5.41) is 3.83. The molecule has 0 saturated carbocycles. The Labute approximate surface area is 208 Å². The maximum absolute atomic E-state index is 13.2. The summed E-state index contributed by atoms with van der Waals surface area (Å²) < 4.78 is 7.45. The molecule has 4 rings (SSSR count). The molecule has 2 aromatic heterocycles. The number of carbonyl (C=O) groups is 1. The predicted molar refractivity (Wildman–Crippen MR) is 137 cm³/mol. The van der Waals surface area contributed by atoms with Crippen LogP contribution in [0.5, 0.6) is 5.75 Å². The SMILES string of the molecule is COc1cc(C)c(Cl)c(-c2ccc(C(=O)Nc3ccn(CCN(C)C)c3)c3nccnc23)c1Cl. The van der Waals surface area contributed by atoms with Crippen LogP contribution >= 0.6 is 23.2 Å². The molecule has 0 bridgehead atoms. The number of rotatable bonds is 7. The number of anilines is 1. The van der Waals surface area contributed by atoms with Gasteiger partial charge in [-0.3, -0.25) is 14.8 Å². The smallest absolute Gasteiger partial charge is 0.257 e. The maximum Gasteiger partial charge on any atom is 0.257 e. The molecule has 7 nitrogen and oxygen atoms in total. The van der Waals surface area contributed by atoms with Crippen LogP contribution in [0.25, 0.3) is 22.2 Å². The van der Waals surface area contributed by atoms with E-state index < -0.39 is 0 Å². The summed E-state index contributed by atoms with van der Waals surface area (Å²) in [7, 11) is 5.60. The second kappa shape index (κ2) is 10.0. The van der Waals surface area contributed by atoms with Crippen molar-refractivity contribution in [2.75, 3.05) is 33.1 Å². The first-order valence-corrected chi connectivity index (χ1v) is 11.4. The first-order chi connectivity index (χ1) is 16.3. The molecular formula is C25H25Cl2N5O2. The Morgan fingerprint density at radius 3 is 2.56 bits per heavy atom.